The molecule has 5 heteroatoms. The van der Waals surface area contributed by atoms with E-state index in [4.69, 9.17) is 10.7 Å². The van der Waals surface area contributed by atoms with Crippen LogP contribution in [0.3, 0.4) is 0 Å². The molecule has 4 heterocycles. The number of likely N-dealkylation sites (tertiary alicyclic amines) is 1. The van der Waals surface area contributed by atoms with Crippen LogP contribution < -0.4 is 5.73 Å². The molecule has 6 rings (SSSR count). The van der Waals surface area contributed by atoms with E-state index in [1.165, 1.54) is 35.1 Å². The molecule has 31 heavy (non-hydrogen) atoms. The Bertz CT molecular complexity index is 1310. The Morgan fingerprint density at radius 2 is 2.00 bits per heavy atom. The lowest BCUT2D eigenvalue weighted by atomic mass is 10.2. The lowest BCUT2D eigenvalue weighted by molar-refractivity contribution is 0.485. The van der Waals surface area contributed by atoms with Gasteiger partial charge in [-0.1, -0.05) is 24.8 Å². The number of nitrogens with zero attached hydrogens (tertiary/aromatic N) is 4. The molecule has 3 aromatic heterocycles. The summed E-state index contributed by atoms with van der Waals surface area (Å²) in [7, 11) is 0. The zero-order valence-electron chi connectivity index (χ0n) is 18.1. The van der Waals surface area contributed by atoms with Crippen molar-refractivity contribution in [1.29, 1.82) is 0 Å². The maximum Gasteiger partial charge on any atom is 0.138 e. The molecule has 4 aromatic rings. The zero-order chi connectivity index (χ0) is 21.1. The average Bonchev–Trinajstić information content (AvgIpc) is 3.24. The van der Waals surface area contributed by atoms with Gasteiger partial charge in [0.2, 0.25) is 0 Å². The number of para-hydroxylation sites is 1. The van der Waals surface area contributed by atoms with Gasteiger partial charge in [0.1, 0.15) is 11.3 Å². The minimum absolute atomic E-state index is 0.245. The Morgan fingerprint density at radius 3 is 2.77 bits per heavy atom. The number of nitrogens with two attached hydrogens (primary N) is 1. The van der Waals surface area contributed by atoms with Gasteiger partial charge in [0.25, 0.3) is 0 Å². The van der Waals surface area contributed by atoms with E-state index in [1.54, 1.807) is 0 Å². The summed E-state index contributed by atoms with van der Waals surface area (Å²) < 4.78 is 4.67. The van der Waals surface area contributed by atoms with Crippen LogP contribution in [-0.4, -0.2) is 38.0 Å². The second kappa shape index (κ2) is 6.99. The van der Waals surface area contributed by atoms with E-state index in [2.05, 4.69) is 76.0 Å². The van der Waals surface area contributed by atoms with Crippen LogP contribution in [-0.2, 0) is 6.54 Å². The van der Waals surface area contributed by atoms with Crippen LogP contribution in [0.15, 0.2) is 55.2 Å². The number of benzene rings is 1. The van der Waals surface area contributed by atoms with E-state index in [-0.39, 0.29) is 6.04 Å². The van der Waals surface area contributed by atoms with Gasteiger partial charge in [0.05, 0.1) is 5.69 Å². The summed E-state index contributed by atoms with van der Waals surface area (Å²) in [6, 6.07) is 15.5. The maximum absolute atomic E-state index is 6.10. The van der Waals surface area contributed by atoms with Gasteiger partial charge in [-0.2, -0.15) is 0 Å². The first-order chi connectivity index (χ1) is 15.1. The quantitative estimate of drug-likeness (QED) is 0.519. The first kappa shape index (κ1) is 18.7. The van der Waals surface area contributed by atoms with E-state index in [1.807, 2.05) is 0 Å². The summed E-state index contributed by atoms with van der Waals surface area (Å²) in [5.74, 6) is 0.800. The van der Waals surface area contributed by atoms with E-state index in [9.17, 15) is 0 Å². The van der Waals surface area contributed by atoms with E-state index in [0.717, 1.165) is 54.6 Å². The van der Waals surface area contributed by atoms with Crippen molar-refractivity contribution < 1.29 is 0 Å². The van der Waals surface area contributed by atoms with Crippen LogP contribution in [0.25, 0.3) is 33.6 Å². The number of hydrogen-bond acceptors (Lipinski definition) is 3. The SMILES string of the molecule is C=C(c1ccn2c(C)c(-c3cc4ccccc4n3CC3CC3)nc2c1)N1CCC(N)C1. The monoisotopic (exact) mass is 411 g/mol. The van der Waals surface area contributed by atoms with Crippen LogP contribution in [0.5, 0.6) is 0 Å². The third-order valence-corrected chi connectivity index (χ3v) is 7.00. The molecule has 158 valence electrons. The molecular weight excluding hydrogens is 382 g/mol. The summed E-state index contributed by atoms with van der Waals surface area (Å²) in [6.07, 6.45) is 5.83. The van der Waals surface area contributed by atoms with Crippen LogP contribution >= 0.6 is 0 Å². The molecule has 0 radical (unpaired) electrons. The van der Waals surface area contributed by atoms with Crippen molar-refractivity contribution in [1.82, 2.24) is 18.9 Å². The number of imidazole rings is 1. The van der Waals surface area contributed by atoms with Crippen molar-refractivity contribution in [3.05, 3.63) is 66.5 Å². The van der Waals surface area contributed by atoms with Crippen molar-refractivity contribution in [2.24, 2.45) is 11.7 Å². The molecule has 5 nitrogen and oxygen atoms in total. The molecule has 1 saturated heterocycles. The molecular formula is C26H29N5. The molecule has 1 aromatic carbocycles. The molecule has 1 aliphatic heterocycles. The predicted octanol–water partition coefficient (Wildman–Crippen LogP) is 4.68. The molecule has 2 N–H and O–H groups in total. The summed E-state index contributed by atoms with van der Waals surface area (Å²) in [6.45, 7) is 9.45. The Balaban J connectivity index is 1.44. The Kier molecular flexibility index (Phi) is 4.22. The number of rotatable bonds is 5. The third kappa shape index (κ3) is 3.15. The predicted molar refractivity (Wildman–Crippen MR) is 127 cm³/mol. The first-order valence-electron chi connectivity index (χ1n) is 11.4. The van der Waals surface area contributed by atoms with E-state index < -0.39 is 0 Å². The molecule has 1 unspecified atom stereocenters. The number of fused-ring (bicyclic) bond motifs is 2. The number of hydrogen-bond donors (Lipinski definition) is 1. The Hall–Kier alpha value is -3.05. The minimum Gasteiger partial charge on any atom is -0.370 e. The van der Waals surface area contributed by atoms with Crippen LogP contribution in [0.1, 0.15) is 30.5 Å². The lowest BCUT2D eigenvalue weighted by Gasteiger charge is -2.21. The highest BCUT2D eigenvalue weighted by atomic mass is 15.2. The molecule has 1 atom stereocenters. The van der Waals surface area contributed by atoms with Crippen LogP contribution in [0, 0.1) is 12.8 Å². The summed E-state index contributed by atoms with van der Waals surface area (Å²) in [4.78, 5) is 7.40. The van der Waals surface area contributed by atoms with Crippen molar-refractivity contribution in [3.63, 3.8) is 0 Å². The van der Waals surface area contributed by atoms with Gasteiger partial charge >= 0.3 is 0 Å². The standard InChI is InChI=1S/C26H29N5/c1-17(29-11-10-22(27)16-29)20-9-12-30-18(2)26(28-25(30)14-20)24-13-21-5-3-4-6-23(21)31(24)15-19-7-8-19/h3-6,9,12-14,19,22H,1,7-8,10-11,15-16,27H2,2H3. The number of aromatic nitrogens is 3. The Morgan fingerprint density at radius 1 is 1.16 bits per heavy atom. The summed E-state index contributed by atoms with van der Waals surface area (Å²) in [5.41, 5.74) is 14.0. The third-order valence-electron chi connectivity index (χ3n) is 7.00. The van der Waals surface area contributed by atoms with Gasteiger partial charge < -0.3 is 19.6 Å². The normalized spacial score (nSPS) is 19.0. The molecule has 0 bridgehead atoms. The fraction of sp³-hybridized carbons (Fsp3) is 0.346. The molecule has 1 saturated carbocycles. The average molecular weight is 412 g/mol. The molecule has 0 amide bonds. The first-order valence-corrected chi connectivity index (χ1v) is 11.4. The van der Waals surface area contributed by atoms with E-state index >= 15 is 0 Å². The van der Waals surface area contributed by atoms with Crippen LogP contribution in [0.4, 0.5) is 0 Å². The lowest BCUT2D eigenvalue weighted by Crippen LogP contribution is -2.25. The van der Waals surface area contributed by atoms with Crippen molar-refractivity contribution >= 4 is 22.2 Å². The highest BCUT2D eigenvalue weighted by molar-refractivity contribution is 5.87. The van der Waals surface area contributed by atoms with Gasteiger partial charge in [0.15, 0.2) is 0 Å². The second-order valence-electron chi connectivity index (χ2n) is 9.27. The fourth-order valence-electron chi connectivity index (χ4n) is 4.97. The van der Waals surface area contributed by atoms with Gasteiger partial charge in [-0.3, -0.25) is 0 Å². The minimum atomic E-state index is 0.245. The smallest absolute Gasteiger partial charge is 0.138 e. The van der Waals surface area contributed by atoms with Gasteiger partial charge in [0, 0.05) is 59.7 Å². The fourth-order valence-corrected chi connectivity index (χ4v) is 4.97. The van der Waals surface area contributed by atoms with Crippen molar-refractivity contribution in [3.8, 4) is 11.4 Å². The van der Waals surface area contributed by atoms with Crippen molar-refractivity contribution in [2.75, 3.05) is 13.1 Å². The highest BCUT2D eigenvalue weighted by Gasteiger charge is 2.26. The maximum atomic E-state index is 6.10. The van der Waals surface area contributed by atoms with Crippen LogP contribution in [0.2, 0.25) is 0 Å². The zero-order valence-corrected chi connectivity index (χ0v) is 18.1. The molecule has 1 aliphatic carbocycles. The summed E-state index contributed by atoms with van der Waals surface area (Å²) in [5, 5.41) is 1.29. The number of aryl methyl sites for hydroxylation is 1. The second-order valence-corrected chi connectivity index (χ2v) is 9.27. The van der Waals surface area contributed by atoms with Gasteiger partial charge in [-0.25, -0.2) is 4.98 Å². The summed E-state index contributed by atoms with van der Waals surface area (Å²) >= 11 is 0. The number of pyridine rings is 1. The molecule has 2 aliphatic rings. The largest absolute Gasteiger partial charge is 0.370 e. The van der Waals surface area contributed by atoms with E-state index in [0.29, 0.717) is 0 Å². The van der Waals surface area contributed by atoms with Crippen molar-refractivity contribution in [2.45, 2.75) is 38.8 Å². The Labute approximate surface area is 182 Å². The molecule has 0 spiro atoms. The van der Waals surface area contributed by atoms with Gasteiger partial charge in [-0.15, -0.1) is 0 Å². The van der Waals surface area contributed by atoms with Gasteiger partial charge in [-0.05, 0) is 56.4 Å². The highest BCUT2D eigenvalue weighted by Crippen LogP contribution is 2.37. The topological polar surface area (TPSA) is 51.5 Å². The molecule has 2 fully saturated rings.